The molecule has 3 aromatic carbocycles. The van der Waals surface area contributed by atoms with Gasteiger partial charge in [0.25, 0.3) is 11.7 Å². The Labute approximate surface area is 218 Å². The molecule has 1 N–H and O–H groups in total. The lowest BCUT2D eigenvalue weighted by molar-refractivity contribution is -0.132. The summed E-state index contributed by atoms with van der Waals surface area (Å²) in [4.78, 5) is 30.6. The molecule has 3 aromatic rings. The first-order chi connectivity index (χ1) is 17.8. The molecule has 1 fully saturated rings. The molecule has 1 unspecified atom stereocenters. The molecule has 37 heavy (non-hydrogen) atoms. The van der Waals surface area contributed by atoms with Crippen molar-refractivity contribution in [3.05, 3.63) is 94.6 Å². The van der Waals surface area contributed by atoms with Crippen molar-refractivity contribution in [3.8, 4) is 5.75 Å². The summed E-state index contributed by atoms with van der Waals surface area (Å²) in [6.07, 6.45) is 0.867. The van der Waals surface area contributed by atoms with Crippen LogP contribution in [0.2, 0.25) is 0 Å². The van der Waals surface area contributed by atoms with Crippen molar-refractivity contribution in [1.82, 2.24) is 0 Å². The number of benzene rings is 3. The maximum Gasteiger partial charge on any atom is 0.300 e. The molecule has 4 rings (SSSR count). The van der Waals surface area contributed by atoms with Crippen LogP contribution in [-0.2, 0) is 16.0 Å². The lowest BCUT2D eigenvalue weighted by atomic mass is 9.93. The molecule has 6 heteroatoms. The number of amides is 1. The van der Waals surface area contributed by atoms with Gasteiger partial charge in [0.15, 0.2) is 0 Å². The molecule has 1 heterocycles. The normalized spacial score (nSPS) is 16.8. The Kier molecular flexibility index (Phi) is 7.67. The van der Waals surface area contributed by atoms with Crippen LogP contribution in [0, 0.1) is 6.92 Å². The van der Waals surface area contributed by atoms with E-state index in [2.05, 4.69) is 25.7 Å². The third-order valence-electron chi connectivity index (χ3n) is 7.09. The number of hydrogen-bond acceptors (Lipinski definition) is 5. The van der Waals surface area contributed by atoms with Gasteiger partial charge in [0.05, 0.1) is 18.7 Å². The van der Waals surface area contributed by atoms with Gasteiger partial charge >= 0.3 is 0 Å². The highest BCUT2D eigenvalue weighted by Crippen LogP contribution is 2.43. The summed E-state index contributed by atoms with van der Waals surface area (Å²) in [6.45, 7) is 9.84. The Bertz CT molecular complexity index is 1320. The number of methoxy groups -OCH3 is 1. The summed E-state index contributed by atoms with van der Waals surface area (Å²) >= 11 is 0. The van der Waals surface area contributed by atoms with Gasteiger partial charge in [0.1, 0.15) is 11.5 Å². The van der Waals surface area contributed by atoms with Crippen molar-refractivity contribution in [1.29, 1.82) is 0 Å². The van der Waals surface area contributed by atoms with Crippen LogP contribution in [0.15, 0.2) is 72.3 Å². The molecule has 0 radical (unpaired) electrons. The first-order valence-corrected chi connectivity index (χ1v) is 12.7. The van der Waals surface area contributed by atoms with Gasteiger partial charge in [0, 0.05) is 30.0 Å². The predicted octanol–water partition coefficient (Wildman–Crippen LogP) is 6.04. The van der Waals surface area contributed by atoms with E-state index in [1.165, 1.54) is 4.90 Å². The number of hydrogen-bond donors (Lipinski definition) is 1. The number of carbonyl (C=O) groups is 2. The number of rotatable bonds is 8. The zero-order valence-electron chi connectivity index (χ0n) is 22.1. The van der Waals surface area contributed by atoms with Crippen molar-refractivity contribution in [2.45, 2.75) is 40.2 Å². The smallest absolute Gasteiger partial charge is 0.300 e. The second-order valence-corrected chi connectivity index (χ2v) is 9.13. The van der Waals surface area contributed by atoms with Crippen LogP contribution in [0.25, 0.3) is 5.76 Å². The average molecular weight is 499 g/mol. The fourth-order valence-corrected chi connectivity index (χ4v) is 4.94. The van der Waals surface area contributed by atoms with Gasteiger partial charge < -0.3 is 14.7 Å². The minimum atomic E-state index is -0.764. The summed E-state index contributed by atoms with van der Waals surface area (Å²) in [5, 5.41) is 11.5. The average Bonchev–Trinajstić information content (AvgIpc) is 3.19. The first-order valence-electron chi connectivity index (χ1n) is 12.7. The molecule has 192 valence electrons. The van der Waals surface area contributed by atoms with Gasteiger partial charge in [-0.05, 0) is 86.3 Å². The molecule has 1 saturated heterocycles. The van der Waals surface area contributed by atoms with Crippen molar-refractivity contribution in [2.24, 2.45) is 0 Å². The largest absolute Gasteiger partial charge is 0.507 e. The van der Waals surface area contributed by atoms with Crippen molar-refractivity contribution < 1.29 is 19.4 Å². The second-order valence-electron chi connectivity index (χ2n) is 9.13. The van der Waals surface area contributed by atoms with Gasteiger partial charge in [0.2, 0.25) is 0 Å². The molecule has 1 amide bonds. The Morgan fingerprint density at radius 3 is 2.14 bits per heavy atom. The predicted molar refractivity (Wildman–Crippen MR) is 148 cm³/mol. The highest BCUT2D eigenvalue weighted by Gasteiger charge is 2.47. The SMILES string of the molecule is CCc1ccc(N2C(=O)C(=O)/C(=C(\O)c3ccc(OC)cc3C)C2c2ccc(N(CC)CC)cc2)cc1. The van der Waals surface area contributed by atoms with Crippen molar-refractivity contribution in [3.63, 3.8) is 0 Å². The molecular weight excluding hydrogens is 464 g/mol. The maximum absolute atomic E-state index is 13.5. The van der Waals surface area contributed by atoms with Gasteiger partial charge in [-0.2, -0.15) is 0 Å². The van der Waals surface area contributed by atoms with Crippen molar-refractivity contribution >= 4 is 28.8 Å². The third kappa shape index (κ3) is 4.84. The number of aryl methyl sites for hydroxylation is 2. The van der Waals surface area contributed by atoms with Crippen LogP contribution < -0.4 is 14.5 Å². The molecule has 1 aliphatic rings. The monoisotopic (exact) mass is 498 g/mol. The summed E-state index contributed by atoms with van der Waals surface area (Å²) in [5.41, 5.74) is 4.87. The summed E-state index contributed by atoms with van der Waals surface area (Å²) in [7, 11) is 1.57. The molecule has 0 bridgehead atoms. The van der Waals surface area contributed by atoms with E-state index in [4.69, 9.17) is 4.74 Å². The lowest BCUT2D eigenvalue weighted by Crippen LogP contribution is -2.29. The van der Waals surface area contributed by atoms with Crippen LogP contribution in [-0.4, -0.2) is 37.0 Å². The summed E-state index contributed by atoms with van der Waals surface area (Å²) < 4.78 is 5.30. The lowest BCUT2D eigenvalue weighted by Gasteiger charge is -2.27. The van der Waals surface area contributed by atoms with Crippen LogP contribution in [0.1, 0.15) is 49.1 Å². The molecule has 0 aliphatic carbocycles. The number of aliphatic hydroxyl groups is 1. The highest BCUT2D eigenvalue weighted by atomic mass is 16.5. The van der Waals surface area contributed by atoms with Gasteiger partial charge in [-0.3, -0.25) is 14.5 Å². The highest BCUT2D eigenvalue weighted by molar-refractivity contribution is 6.51. The number of ether oxygens (including phenoxy) is 1. The molecule has 0 aromatic heterocycles. The van der Waals surface area contributed by atoms with E-state index in [0.717, 1.165) is 41.9 Å². The Morgan fingerprint density at radius 2 is 1.59 bits per heavy atom. The zero-order valence-corrected chi connectivity index (χ0v) is 22.1. The quantitative estimate of drug-likeness (QED) is 0.233. The summed E-state index contributed by atoms with van der Waals surface area (Å²) in [5.74, 6) is -0.905. The number of aliphatic hydroxyl groups excluding tert-OH is 1. The molecule has 1 aliphatic heterocycles. The van der Waals surface area contributed by atoms with E-state index in [1.807, 2.05) is 55.5 Å². The second kappa shape index (κ2) is 10.9. The van der Waals surface area contributed by atoms with Crippen LogP contribution >= 0.6 is 0 Å². The number of anilines is 2. The van der Waals surface area contributed by atoms with Crippen LogP contribution in [0.3, 0.4) is 0 Å². The van der Waals surface area contributed by atoms with E-state index >= 15 is 0 Å². The number of Topliss-reactive ketones (excluding diaryl/α,β-unsaturated/α-hetero) is 1. The number of carbonyl (C=O) groups excluding carboxylic acids is 2. The Hall–Kier alpha value is -4.06. The van der Waals surface area contributed by atoms with Gasteiger partial charge in [-0.15, -0.1) is 0 Å². The fourth-order valence-electron chi connectivity index (χ4n) is 4.94. The molecule has 6 nitrogen and oxygen atoms in total. The molecular formula is C31H34N2O4. The number of ketones is 1. The molecule has 0 saturated carbocycles. The number of nitrogens with zero attached hydrogens (tertiary/aromatic N) is 2. The standard InChI is InChI=1S/C31H34N2O4/c1-6-21-9-13-24(14-10-21)33-28(22-11-15-23(16-12-22)32(7-2)8-3)27(30(35)31(33)36)29(34)26-18-17-25(37-5)19-20(26)4/h9-19,28,34H,6-8H2,1-5H3/b29-27-. The molecule has 1 atom stereocenters. The molecule has 0 spiro atoms. The first kappa shape index (κ1) is 26.0. The van der Waals surface area contributed by atoms with Crippen LogP contribution in [0.4, 0.5) is 11.4 Å². The zero-order chi connectivity index (χ0) is 26.7. The Morgan fingerprint density at radius 1 is 0.946 bits per heavy atom. The van der Waals surface area contributed by atoms with Gasteiger partial charge in [-0.1, -0.05) is 31.2 Å². The summed E-state index contributed by atoms with van der Waals surface area (Å²) in [6, 6.07) is 20.0. The van der Waals surface area contributed by atoms with E-state index in [1.54, 1.807) is 25.3 Å². The fraction of sp³-hybridized carbons (Fsp3) is 0.290. The topological polar surface area (TPSA) is 70.1 Å². The van der Waals surface area contributed by atoms with E-state index in [-0.39, 0.29) is 11.3 Å². The third-order valence-corrected chi connectivity index (χ3v) is 7.09. The minimum Gasteiger partial charge on any atom is -0.507 e. The minimum absolute atomic E-state index is 0.0772. The maximum atomic E-state index is 13.5. The van der Waals surface area contributed by atoms with Crippen LogP contribution in [0.5, 0.6) is 5.75 Å². The van der Waals surface area contributed by atoms with E-state index < -0.39 is 17.7 Å². The van der Waals surface area contributed by atoms with Crippen molar-refractivity contribution in [2.75, 3.05) is 30.0 Å². The van der Waals surface area contributed by atoms with E-state index in [9.17, 15) is 14.7 Å². The van der Waals surface area contributed by atoms with Gasteiger partial charge in [-0.25, -0.2) is 0 Å². The Balaban J connectivity index is 1.90. The van der Waals surface area contributed by atoms with E-state index in [0.29, 0.717) is 17.0 Å².